The Morgan fingerprint density at radius 1 is 1.35 bits per heavy atom. The van der Waals surface area contributed by atoms with Crippen molar-refractivity contribution in [2.45, 2.75) is 6.54 Å². The lowest BCUT2D eigenvalue weighted by atomic mass is 10.4. The van der Waals surface area contributed by atoms with Crippen LogP contribution >= 0.6 is 12.2 Å². The zero-order valence-electron chi connectivity index (χ0n) is 8.95. The molecule has 88 valence electrons. The summed E-state index contributed by atoms with van der Waals surface area (Å²) in [6.45, 7) is 1.31. The van der Waals surface area contributed by atoms with Gasteiger partial charge in [0.05, 0.1) is 12.7 Å². The number of hydrogen-bond acceptors (Lipinski definition) is 6. The number of aromatic nitrogens is 5. The van der Waals surface area contributed by atoms with Gasteiger partial charge in [0.15, 0.2) is 5.82 Å². The summed E-state index contributed by atoms with van der Waals surface area (Å²) in [5.74, 6) is 0.583. The number of thiocarbonyl (C=S) groups is 1. The van der Waals surface area contributed by atoms with E-state index in [0.29, 0.717) is 24.6 Å². The normalized spacial score (nSPS) is 10.1. The predicted octanol–water partition coefficient (Wildman–Crippen LogP) is -0.186. The van der Waals surface area contributed by atoms with Crippen LogP contribution in [0.15, 0.2) is 24.8 Å². The minimum Gasteiger partial charge on any atom is -0.388 e. The van der Waals surface area contributed by atoms with Crippen LogP contribution in [0.2, 0.25) is 0 Å². The molecule has 0 spiro atoms. The van der Waals surface area contributed by atoms with Crippen molar-refractivity contribution in [2.75, 3.05) is 11.9 Å². The van der Waals surface area contributed by atoms with Gasteiger partial charge in [-0.05, 0) is 0 Å². The zero-order valence-corrected chi connectivity index (χ0v) is 9.76. The summed E-state index contributed by atoms with van der Waals surface area (Å²) < 4.78 is 1.71. The Hall–Kier alpha value is -2.09. The summed E-state index contributed by atoms with van der Waals surface area (Å²) >= 11 is 4.89. The Bertz CT molecular complexity index is 496. The average molecular weight is 249 g/mol. The van der Waals surface area contributed by atoms with Crippen LogP contribution in [0, 0.1) is 0 Å². The van der Waals surface area contributed by atoms with E-state index < -0.39 is 0 Å². The average Bonchev–Trinajstić information content (AvgIpc) is 2.82. The molecule has 2 rings (SSSR count). The van der Waals surface area contributed by atoms with Crippen LogP contribution in [0.25, 0.3) is 0 Å². The highest BCUT2D eigenvalue weighted by Gasteiger charge is 2.06. The fraction of sp³-hybridized carbons (Fsp3) is 0.222. The van der Waals surface area contributed by atoms with Gasteiger partial charge in [0.25, 0.3) is 0 Å². The number of anilines is 1. The lowest BCUT2D eigenvalue weighted by Gasteiger charge is -2.08. The van der Waals surface area contributed by atoms with E-state index in [4.69, 9.17) is 18.0 Å². The van der Waals surface area contributed by atoms with E-state index in [2.05, 4.69) is 25.6 Å². The Morgan fingerprint density at radius 3 is 2.88 bits per heavy atom. The van der Waals surface area contributed by atoms with Crippen molar-refractivity contribution < 1.29 is 0 Å². The number of nitrogens with two attached hydrogens (primary N) is 1. The van der Waals surface area contributed by atoms with Gasteiger partial charge in [-0.1, -0.05) is 17.4 Å². The van der Waals surface area contributed by atoms with Gasteiger partial charge >= 0.3 is 0 Å². The molecule has 0 amide bonds. The van der Waals surface area contributed by atoms with Crippen LogP contribution in [-0.4, -0.2) is 36.5 Å². The highest BCUT2D eigenvalue weighted by molar-refractivity contribution is 7.80. The first kappa shape index (κ1) is 11.4. The first-order chi connectivity index (χ1) is 8.27. The van der Waals surface area contributed by atoms with Crippen LogP contribution in [0.4, 0.5) is 5.82 Å². The molecule has 0 aliphatic heterocycles. The number of rotatable bonds is 5. The van der Waals surface area contributed by atoms with Gasteiger partial charge in [-0.15, -0.1) is 5.10 Å². The maximum atomic E-state index is 5.54. The van der Waals surface area contributed by atoms with Crippen molar-refractivity contribution >= 4 is 23.0 Å². The third-order valence-electron chi connectivity index (χ3n) is 2.04. The van der Waals surface area contributed by atoms with E-state index in [1.807, 2.05) is 0 Å². The first-order valence-electron chi connectivity index (χ1n) is 4.96. The molecule has 2 heterocycles. The second-order valence-corrected chi connectivity index (χ2v) is 3.65. The lowest BCUT2D eigenvalue weighted by Crippen LogP contribution is -2.18. The second-order valence-electron chi connectivity index (χ2n) is 3.21. The Kier molecular flexibility index (Phi) is 3.55. The van der Waals surface area contributed by atoms with Crippen LogP contribution < -0.4 is 11.1 Å². The lowest BCUT2D eigenvalue weighted by molar-refractivity contribution is 0.608. The van der Waals surface area contributed by atoms with Crippen LogP contribution in [0.3, 0.4) is 0 Å². The van der Waals surface area contributed by atoms with Crippen molar-refractivity contribution in [2.24, 2.45) is 5.73 Å². The highest BCUT2D eigenvalue weighted by atomic mass is 32.1. The summed E-state index contributed by atoms with van der Waals surface area (Å²) in [6.07, 6.45) is 6.55. The molecule has 0 bridgehead atoms. The molecule has 0 fully saturated rings. The van der Waals surface area contributed by atoms with Crippen molar-refractivity contribution in [3.8, 4) is 0 Å². The molecule has 0 aromatic carbocycles. The molecule has 0 saturated heterocycles. The fourth-order valence-corrected chi connectivity index (χ4v) is 1.44. The molecule has 2 aromatic rings. The van der Waals surface area contributed by atoms with Crippen LogP contribution in [0.1, 0.15) is 5.69 Å². The minimum absolute atomic E-state index is 0.223. The summed E-state index contributed by atoms with van der Waals surface area (Å²) in [7, 11) is 0. The van der Waals surface area contributed by atoms with Crippen molar-refractivity contribution in [1.82, 2.24) is 25.0 Å². The molecule has 0 atom stereocenters. The zero-order chi connectivity index (χ0) is 12.1. The molecule has 2 aromatic heterocycles. The van der Waals surface area contributed by atoms with E-state index in [0.717, 1.165) is 0 Å². The van der Waals surface area contributed by atoms with E-state index >= 15 is 0 Å². The van der Waals surface area contributed by atoms with E-state index in [-0.39, 0.29) is 4.99 Å². The minimum atomic E-state index is 0.223. The quantitative estimate of drug-likeness (QED) is 0.709. The molecule has 0 radical (unpaired) electrons. The van der Waals surface area contributed by atoms with Gasteiger partial charge in [0.1, 0.15) is 10.7 Å². The van der Waals surface area contributed by atoms with Gasteiger partial charge < -0.3 is 11.1 Å². The standard InChI is InChI=1S/C9H11N7S/c10-8(17)7-9(12-2-1-11-7)13-3-5-16-6-4-14-15-16/h1-2,4,6H,3,5H2,(H2,10,17)(H,12,13). The Balaban J connectivity index is 1.97. The third-order valence-corrected chi connectivity index (χ3v) is 2.23. The SMILES string of the molecule is NC(=S)c1nccnc1NCCn1ccnn1. The monoisotopic (exact) mass is 249 g/mol. The van der Waals surface area contributed by atoms with Crippen LogP contribution in [0.5, 0.6) is 0 Å². The molecule has 0 saturated carbocycles. The molecule has 3 N–H and O–H groups in total. The van der Waals surface area contributed by atoms with Crippen molar-refractivity contribution in [1.29, 1.82) is 0 Å². The number of nitrogens with one attached hydrogen (secondary N) is 1. The van der Waals surface area contributed by atoms with Crippen molar-refractivity contribution in [3.05, 3.63) is 30.5 Å². The smallest absolute Gasteiger partial charge is 0.155 e. The first-order valence-corrected chi connectivity index (χ1v) is 5.37. The summed E-state index contributed by atoms with van der Waals surface area (Å²) in [5.41, 5.74) is 6.04. The summed E-state index contributed by atoms with van der Waals surface area (Å²) in [5, 5.41) is 10.7. The van der Waals surface area contributed by atoms with Crippen molar-refractivity contribution in [3.63, 3.8) is 0 Å². The molecule has 8 heteroatoms. The number of nitrogens with zero attached hydrogens (tertiary/aromatic N) is 5. The van der Waals surface area contributed by atoms with Gasteiger partial charge in [-0.2, -0.15) is 0 Å². The van der Waals surface area contributed by atoms with Crippen LogP contribution in [-0.2, 0) is 6.54 Å². The van der Waals surface area contributed by atoms with Gasteiger partial charge in [-0.3, -0.25) is 4.68 Å². The molecular weight excluding hydrogens is 238 g/mol. The topological polar surface area (TPSA) is 94.5 Å². The molecule has 7 nitrogen and oxygen atoms in total. The second kappa shape index (κ2) is 5.30. The number of hydrogen-bond donors (Lipinski definition) is 2. The van der Waals surface area contributed by atoms with Gasteiger partial charge in [0.2, 0.25) is 0 Å². The molecule has 17 heavy (non-hydrogen) atoms. The molecular formula is C9H11N7S. The maximum Gasteiger partial charge on any atom is 0.155 e. The van der Waals surface area contributed by atoms with E-state index in [1.54, 1.807) is 29.5 Å². The largest absolute Gasteiger partial charge is 0.388 e. The fourth-order valence-electron chi connectivity index (χ4n) is 1.29. The predicted molar refractivity (Wildman–Crippen MR) is 66.4 cm³/mol. The summed E-state index contributed by atoms with van der Waals surface area (Å²) in [6, 6.07) is 0. The Morgan fingerprint density at radius 2 is 2.18 bits per heavy atom. The maximum absolute atomic E-state index is 5.54. The van der Waals surface area contributed by atoms with E-state index in [1.165, 1.54) is 0 Å². The molecule has 0 aliphatic rings. The van der Waals surface area contributed by atoms with Gasteiger partial charge in [-0.25, -0.2) is 9.97 Å². The summed E-state index contributed by atoms with van der Waals surface area (Å²) in [4.78, 5) is 8.42. The molecule has 0 unspecified atom stereocenters. The van der Waals surface area contributed by atoms with Gasteiger partial charge in [0, 0.05) is 25.1 Å². The third kappa shape index (κ3) is 2.94. The Labute approximate surface area is 103 Å². The highest BCUT2D eigenvalue weighted by Crippen LogP contribution is 2.07. The molecule has 0 aliphatic carbocycles. The van der Waals surface area contributed by atoms with E-state index in [9.17, 15) is 0 Å².